The minimum absolute atomic E-state index is 0.249. The van der Waals surface area contributed by atoms with Crippen molar-refractivity contribution in [3.8, 4) is 0 Å². The first-order valence-electron chi connectivity index (χ1n) is 7.99. The van der Waals surface area contributed by atoms with E-state index in [-0.39, 0.29) is 12.1 Å². The van der Waals surface area contributed by atoms with Crippen LogP contribution in [-0.2, 0) is 18.4 Å². The summed E-state index contributed by atoms with van der Waals surface area (Å²) in [7, 11) is -4.49. The molecule has 0 aliphatic rings. The maximum atomic E-state index is 12.2. The molecule has 4 nitrogen and oxygen atoms in total. The molecule has 2 unspecified atom stereocenters. The van der Waals surface area contributed by atoms with Crippen molar-refractivity contribution in [2.24, 2.45) is 0 Å². The molecule has 0 saturated carbocycles. The quantitative estimate of drug-likeness (QED) is 0.273. The first-order valence-corrected chi connectivity index (χ1v) is 16.5. The van der Waals surface area contributed by atoms with E-state index < -0.39 is 31.6 Å². The summed E-state index contributed by atoms with van der Waals surface area (Å²) < 4.78 is 18.5. The fourth-order valence-electron chi connectivity index (χ4n) is 2.22. The Morgan fingerprint density at radius 3 is 2.00 bits per heavy atom. The second-order valence-corrected chi connectivity index (χ2v) is 19.2. The molecule has 0 heterocycles. The van der Waals surface area contributed by atoms with Crippen molar-refractivity contribution in [2.75, 3.05) is 0 Å². The van der Waals surface area contributed by atoms with Crippen LogP contribution in [0.1, 0.15) is 20.8 Å². The molecule has 0 radical (unpaired) electrons. The van der Waals surface area contributed by atoms with Gasteiger partial charge in [0.05, 0.1) is 0 Å². The van der Waals surface area contributed by atoms with Crippen LogP contribution in [0.5, 0.6) is 0 Å². The zero-order chi connectivity index (χ0) is 17.8. The maximum absolute atomic E-state index is 12.2. The molecule has 0 aliphatic carbocycles. The Morgan fingerprint density at radius 1 is 1.18 bits per heavy atom. The van der Waals surface area contributed by atoms with Gasteiger partial charge in [-0.3, -0.25) is 0 Å². The molecular weight excluding hydrogens is 328 g/mol. The Bertz CT molecular complexity index is 399. The van der Waals surface area contributed by atoms with Gasteiger partial charge in [-0.25, -0.2) is 4.79 Å². The highest BCUT2D eigenvalue weighted by Crippen LogP contribution is 2.29. The molecule has 0 aliphatic heterocycles. The SMILES string of the molecule is C=C(C)C(=O)OC(O[Si](C)(C)C)([SiH2]CC)C(C)O[Si](C)(C)C. The molecule has 0 spiro atoms. The molecular formula is C15H34O4Si3. The van der Waals surface area contributed by atoms with E-state index in [9.17, 15) is 4.79 Å². The average Bonchev–Trinajstić information content (AvgIpc) is 2.24. The van der Waals surface area contributed by atoms with Gasteiger partial charge >= 0.3 is 5.97 Å². The minimum atomic E-state index is -1.91. The topological polar surface area (TPSA) is 44.8 Å². The van der Waals surface area contributed by atoms with E-state index in [1.807, 2.05) is 6.92 Å². The van der Waals surface area contributed by atoms with Crippen LogP contribution >= 0.6 is 0 Å². The van der Waals surface area contributed by atoms with Crippen molar-refractivity contribution in [3.63, 3.8) is 0 Å². The third-order valence-electron chi connectivity index (χ3n) is 2.84. The lowest BCUT2D eigenvalue weighted by molar-refractivity contribution is -0.191. The summed E-state index contributed by atoms with van der Waals surface area (Å²) in [4.78, 5) is 12.2. The highest BCUT2D eigenvalue weighted by atomic mass is 28.4. The van der Waals surface area contributed by atoms with Crippen LogP contribution < -0.4 is 0 Å². The summed E-state index contributed by atoms with van der Waals surface area (Å²) in [6, 6.07) is 0.980. The monoisotopic (exact) mass is 362 g/mol. The Balaban J connectivity index is 5.64. The van der Waals surface area contributed by atoms with E-state index in [1.165, 1.54) is 0 Å². The zero-order valence-corrected chi connectivity index (χ0v) is 19.2. The highest BCUT2D eigenvalue weighted by molar-refractivity contribution is 6.71. The summed E-state index contributed by atoms with van der Waals surface area (Å²) >= 11 is 0. The summed E-state index contributed by atoms with van der Waals surface area (Å²) in [5.74, 6) is -0.384. The molecule has 0 aromatic heterocycles. The number of carbonyl (C=O) groups excluding carboxylic acids is 1. The largest absolute Gasteiger partial charge is 0.433 e. The van der Waals surface area contributed by atoms with E-state index in [1.54, 1.807) is 6.92 Å². The first-order chi connectivity index (χ1) is 9.72. The van der Waals surface area contributed by atoms with Gasteiger partial charge in [-0.05, 0) is 53.1 Å². The van der Waals surface area contributed by atoms with Gasteiger partial charge in [-0.15, -0.1) is 0 Å². The standard InChI is InChI=1S/C15H34O4Si3/c1-11-20-15(19-22(8,9)10,17-14(16)12(2)3)13(4)18-21(5,6)7/h13H,2,11,20H2,1,3-10H3. The Labute approximate surface area is 140 Å². The van der Waals surface area contributed by atoms with Gasteiger partial charge in [0.25, 0.3) is 0 Å². The predicted octanol–water partition coefficient (Wildman–Crippen LogP) is 3.46. The fourth-order valence-corrected chi connectivity index (χ4v) is 8.00. The van der Waals surface area contributed by atoms with Gasteiger partial charge in [0.1, 0.15) is 15.6 Å². The van der Waals surface area contributed by atoms with Gasteiger partial charge in [-0.1, -0.05) is 19.5 Å². The number of ether oxygens (including phenoxy) is 1. The summed E-state index contributed by atoms with van der Waals surface area (Å²) in [6.45, 7) is 22.2. The Hall–Kier alpha value is -0.219. The molecule has 7 heteroatoms. The molecule has 0 saturated heterocycles. The number of carbonyl (C=O) groups is 1. The van der Waals surface area contributed by atoms with Gasteiger partial charge in [0.2, 0.25) is 5.41 Å². The molecule has 0 bridgehead atoms. The molecule has 130 valence electrons. The van der Waals surface area contributed by atoms with Crippen molar-refractivity contribution in [2.45, 2.75) is 77.6 Å². The van der Waals surface area contributed by atoms with Crippen LogP contribution in [0.25, 0.3) is 0 Å². The first kappa shape index (κ1) is 21.8. The number of hydrogen-bond donors (Lipinski definition) is 0. The zero-order valence-electron chi connectivity index (χ0n) is 15.8. The molecule has 2 atom stereocenters. The predicted molar refractivity (Wildman–Crippen MR) is 101 cm³/mol. The number of esters is 1. The third kappa shape index (κ3) is 7.87. The molecule has 0 amide bonds. The lowest BCUT2D eigenvalue weighted by Crippen LogP contribution is -2.59. The molecule has 0 aromatic rings. The number of hydrogen-bond acceptors (Lipinski definition) is 4. The Morgan fingerprint density at radius 2 is 1.68 bits per heavy atom. The molecule has 0 rings (SSSR count). The maximum Gasteiger partial charge on any atom is 0.335 e. The van der Waals surface area contributed by atoms with Gasteiger partial charge < -0.3 is 13.6 Å². The van der Waals surface area contributed by atoms with Crippen LogP contribution in [0.2, 0.25) is 45.3 Å². The van der Waals surface area contributed by atoms with E-state index in [0.717, 1.165) is 6.04 Å². The highest BCUT2D eigenvalue weighted by Gasteiger charge is 2.46. The van der Waals surface area contributed by atoms with Crippen LogP contribution in [0.3, 0.4) is 0 Å². The second kappa shape index (κ2) is 8.05. The van der Waals surface area contributed by atoms with Crippen molar-refractivity contribution in [3.05, 3.63) is 12.2 Å². The second-order valence-electron chi connectivity index (χ2n) is 7.82. The Kier molecular flexibility index (Phi) is 7.97. The van der Waals surface area contributed by atoms with Crippen molar-refractivity contribution < 1.29 is 18.4 Å². The van der Waals surface area contributed by atoms with Gasteiger partial charge in [0, 0.05) is 5.57 Å². The number of rotatable bonds is 9. The van der Waals surface area contributed by atoms with Crippen molar-refractivity contribution in [1.29, 1.82) is 0 Å². The fraction of sp³-hybridized carbons (Fsp3) is 0.800. The summed E-state index contributed by atoms with van der Waals surface area (Å²) in [6.07, 6.45) is -0.249. The van der Waals surface area contributed by atoms with E-state index >= 15 is 0 Å². The molecule has 0 fully saturated rings. The van der Waals surface area contributed by atoms with E-state index in [0.29, 0.717) is 5.57 Å². The van der Waals surface area contributed by atoms with E-state index in [2.05, 4.69) is 52.8 Å². The van der Waals surface area contributed by atoms with E-state index in [4.69, 9.17) is 13.6 Å². The van der Waals surface area contributed by atoms with Crippen LogP contribution in [0.4, 0.5) is 0 Å². The lowest BCUT2D eigenvalue weighted by Gasteiger charge is -2.44. The third-order valence-corrected chi connectivity index (χ3v) is 7.21. The smallest absolute Gasteiger partial charge is 0.335 e. The van der Waals surface area contributed by atoms with Gasteiger partial charge in [-0.2, -0.15) is 0 Å². The van der Waals surface area contributed by atoms with Crippen LogP contribution in [-0.4, -0.2) is 43.6 Å². The summed E-state index contributed by atoms with van der Waals surface area (Å²) in [5, 5.41) is 0. The molecule has 22 heavy (non-hydrogen) atoms. The normalized spacial score (nSPS) is 17.3. The molecule has 0 aromatic carbocycles. The summed E-state index contributed by atoms with van der Waals surface area (Å²) in [5.41, 5.74) is -0.496. The minimum Gasteiger partial charge on any atom is -0.433 e. The van der Waals surface area contributed by atoms with Crippen LogP contribution in [0, 0.1) is 0 Å². The lowest BCUT2D eigenvalue weighted by atomic mass is 10.3. The van der Waals surface area contributed by atoms with Crippen molar-refractivity contribution >= 4 is 32.1 Å². The molecule has 0 N–H and O–H groups in total. The van der Waals surface area contributed by atoms with Gasteiger partial charge in [0.15, 0.2) is 16.6 Å². The van der Waals surface area contributed by atoms with Crippen LogP contribution in [0.15, 0.2) is 12.2 Å². The average molecular weight is 363 g/mol. The van der Waals surface area contributed by atoms with Crippen molar-refractivity contribution in [1.82, 2.24) is 0 Å².